The summed E-state index contributed by atoms with van der Waals surface area (Å²) in [5.41, 5.74) is 1.25. The molecule has 1 aromatic heterocycles. The minimum absolute atomic E-state index is 0.0185. The first-order valence-corrected chi connectivity index (χ1v) is 6.89. The van der Waals surface area contributed by atoms with E-state index in [0.29, 0.717) is 11.7 Å². The number of amides is 2. The van der Waals surface area contributed by atoms with Crippen LogP contribution < -0.4 is 10.6 Å². The van der Waals surface area contributed by atoms with Crippen LogP contribution in [0, 0.1) is 0 Å². The predicted molar refractivity (Wildman–Crippen MR) is 77.1 cm³/mol. The Hall–Kier alpha value is -2.63. The van der Waals surface area contributed by atoms with E-state index in [1.165, 1.54) is 6.20 Å². The minimum atomic E-state index is -0.317. The van der Waals surface area contributed by atoms with Crippen LogP contribution in [0.15, 0.2) is 42.9 Å². The highest BCUT2D eigenvalue weighted by Crippen LogP contribution is 2.18. The summed E-state index contributed by atoms with van der Waals surface area (Å²) in [5, 5.41) is 5.44. The first-order chi connectivity index (χ1) is 10.2. The van der Waals surface area contributed by atoms with E-state index in [0.717, 1.165) is 18.5 Å². The van der Waals surface area contributed by atoms with Crippen molar-refractivity contribution in [2.75, 3.05) is 6.54 Å². The van der Waals surface area contributed by atoms with Gasteiger partial charge in [0.15, 0.2) is 0 Å². The lowest BCUT2D eigenvalue weighted by molar-refractivity contribution is -0.120. The van der Waals surface area contributed by atoms with Crippen molar-refractivity contribution in [2.24, 2.45) is 0 Å². The first kappa shape index (κ1) is 13.4. The molecule has 1 aliphatic carbocycles. The SMILES string of the molecule is O=C(CNC(=O)c1cncn1-c1ccccc1)NC1CC1. The molecule has 6 heteroatoms. The topological polar surface area (TPSA) is 76.0 Å². The number of imidazole rings is 1. The van der Waals surface area contributed by atoms with E-state index in [-0.39, 0.29) is 18.4 Å². The van der Waals surface area contributed by atoms with Crippen molar-refractivity contribution in [3.8, 4) is 5.69 Å². The van der Waals surface area contributed by atoms with Crippen LogP contribution >= 0.6 is 0 Å². The van der Waals surface area contributed by atoms with Gasteiger partial charge >= 0.3 is 0 Å². The Bertz CT molecular complexity index is 647. The zero-order valence-electron chi connectivity index (χ0n) is 11.5. The number of hydrogen-bond donors (Lipinski definition) is 2. The van der Waals surface area contributed by atoms with Gasteiger partial charge in [0.05, 0.1) is 19.1 Å². The second kappa shape index (κ2) is 5.78. The molecule has 0 spiro atoms. The van der Waals surface area contributed by atoms with Gasteiger partial charge in [0.25, 0.3) is 5.91 Å². The van der Waals surface area contributed by atoms with Crippen LogP contribution in [0.5, 0.6) is 0 Å². The minimum Gasteiger partial charge on any atom is -0.352 e. The zero-order valence-corrected chi connectivity index (χ0v) is 11.5. The molecule has 1 fully saturated rings. The molecule has 0 aliphatic heterocycles. The molecule has 1 aliphatic rings. The summed E-state index contributed by atoms with van der Waals surface area (Å²) in [5.74, 6) is -0.473. The lowest BCUT2D eigenvalue weighted by Gasteiger charge is -2.09. The number of aromatic nitrogens is 2. The molecule has 0 atom stereocenters. The highest BCUT2D eigenvalue weighted by Gasteiger charge is 2.23. The fourth-order valence-corrected chi connectivity index (χ4v) is 2.01. The number of carbonyl (C=O) groups excluding carboxylic acids is 2. The van der Waals surface area contributed by atoms with Crippen LogP contribution in [0.1, 0.15) is 23.3 Å². The second-order valence-electron chi connectivity index (χ2n) is 5.01. The van der Waals surface area contributed by atoms with Crippen LogP contribution in [-0.4, -0.2) is 34.0 Å². The Labute approximate surface area is 122 Å². The van der Waals surface area contributed by atoms with Gasteiger partial charge in [-0.3, -0.25) is 14.2 Å². The van der Waals surface area contributed by atoms with Crippen LogP contribution in [0.2, 0.25) is 0 Å². The lowest BCUT2D eigenvalue weighted by Crippen LogP contribution is -2.38. The molecule has 21 heavy (non-hydrogen) atoms. The maximum Gasteiger partial charge on any atom is 0.270 e. The van der Waals surface area contributed by atoms with E-state index in [1.807, 2.05) is 30.3 Å². The molecular weight excluding hydrogens is 268 g/mol. The van der Waals surface area contributed by atoms with Crippen molar-refractivity contribution < 1.29 is 9.59 Å². The molecule has 6 nitrogen and oxygen atoms in total. The maximum absolute atomic E-state index is 12.2. The highest BCUT2D eigenvalue weighted by atomic mass is 16.2. The van der Waals surface area contributed by atoms with Crippen molar-refractivity contribution in [2.45, 2.75) is 18.9 Å². The standard InChI is InChI=1S/C15H16N4O2/c20-14(18-11-6-7-11)9-17-15(21)13-8-16-10-19(13)12-4-2-1-3-5-12/h1-5,8,10-11H,6-7,9H2,(H,17,21)(H,18,20). The molecule has 0 radical (unpaired) electrons. The Morgan fingerprint density at radius 1 is 1.24 bits per heavy atom. The van der Waals surface area contributed by atoms with E-state index in [2.05, 4.69) is 15.6 Å². The third-order valence-electron chi connectivity index (χ3n) is 3.26. The van der Waals surface area contributed by atoms with Gasteiger partial charge in [-0.25, -0.2) is 4.98 Å². The van der Waals surface area contributed by atoms with Gasteiger partial charge in [0, 0.05) is 11.7 Å². The first-order valence-electron chi connectivity index (χ1n) is 6.89. The fourth-order valence-electron chi connectivity index (χ4n) is 2.01. The summed E-state index contributed by atoms with van der Waals surface area (Å²) < 4.78 is 1.69. The van der Waals surface area contributed by atoms with Gasteiger partial charge in [-0.05, 0) is 25.0 Å². The number of nitrogens with zero attached hydrogens (tertiary/aromatic N) is 2. The molecule has 1 heterocycles. The number of hydrogen-bond acceptors (Lipinski definition) is 3. The van der Waals surface area contributed by atoms with Crippen molar-refractivity contribution >= 4 is 11.8 Å². The molecule has 108 valence electrons. The Kier molecular flexibility index (Phi) is 3.68. The zero-order chi connectivity index (χ0) is 14.7. The molecule has 0 unspecified atom stereocenters. The van der Waals surface area contributed by atoms with E-state index in [4.69, 9.17) is 0 Å². The summed E-state index contributed by atoms with van der Waals surface area (Å²) in [4.78, 5) is 27.7. The second-order valence-corrected chi connectivity index (χ2v) is 5.01. The summed E-state index contributed by atoms with van der Waals surface area (Å²) >= 11 is 0. The number of benzene rings is 1. The third-order valence-corrected chi connectivity index (χ3v) is 3.26. The smallest absolute Gasteiger partial charge is 0.270 e. The average Bonchev–Trinajstić information content (AvgIpc) is 3.18. The Morgan fingerprint density at radius 3 is 2.71 bits per heavy atom. The molecule has 1 saturated carbocycles. The van der Waals surface area contributed by atoms with Crippen molar-refractivity contribution in [3.05, 3.63) is 48.5 Å². The highest BCUT2D eigenvalue weighted by molar-refractivity contribution is 5.95. The quantitative estimate of drug-likeness (QED) is 0.856. The Balaban J connectivity index is 1.65. The van der Waals surface area contributed by atoms with Crippen molar-refractivity contribution in [1.29, 1.82) is 0 Å². The van der Waals surface area contributed by atoms with Crippen molar-refractivity contribution in [3.63, 3.8) is 0 Å². The van der Waals surface area contributed by atoms with Gasteiger partial charge in [-0.15, -0.1) is 0 Å². The van der Waals surface area contributed by atoms with E-state index in [9.17, 15) is 9.59 Å². The summed E-state index contributed by atoms with van der Waals surface area (Å²) in [7, 11) is 0. The molecule has 2 amide bonds. The largest absolute Gasteiger partial charge is 0.352 e. The van der Waals surface area contributed by atoms with Gasteiger partial charge in [0.2, 0.25) is 5.91 Å². The van der Waals surface area contributed by atoms with E-state index >= 15 is 0 Å². The van der Waals surface area contributed by atoms with E-state index < -0.39 is 0 Å². The van der Waals surface area contributed by atoms with Crippen LogP contribution in [0.4, 0.5) is 0 Å². The average molecular weight is 284 g/mol. The number of nitrogens with one attached hydrogen (secondary N) is 2. The number of para-hydroxylation sites is 1. The van der Waals surface area contributed by atoms with E-state index in [1.54, 1.807) is 10.9 Å². The summed E-state index contributed by atoms with van der Waals surface area (Å²) in [6, 6.07) is 9.75. The molecule has 3 rings (SSSR count). The molecule has 0 saturated heterocycles. The van der Waals surface area contributed by atoms with Crippen molar-refractivity contribution in [1.82, 2.24) is 20.2 Å². The van der Waals surface area contributed by atoms with Gasteiger partial charge in [0.1, 0.15) is 5.69 Å². The van der Waals surface area contributed by atoms with Gasteiger partial charge < -0.3 is 10.6 Å². The van der Waals surface area contributed by atoms with Crippen LogP contribution in [0.3, 0.4) is 0 Å². The Morgan fingerprint density at radius 2 is 2.00 bits per heavy atom. The molecule has 1 aromatic carbocycles. The molecular formula is C15H16N4O2. The third kappa shape index (κ3) is 3.28. The summed E-state index contributed by atoms with van der Waals surface area (Å²) in [6.45, 7) is -0.0185. The van der Waals surface area contributed by atoms with Crippen LogP contribution in [-0.2, 0) is 4.79 Å². The van der Waals surface area contributed by atoms with Gasteiger partial charge in [-0.1, -0.05) is 18.2 Å². The number of carbonyl (C=O) groups is 2. The van der Waals surface area contributed by atoms with Gasteiger partial charge in [-0.2, -0.15) is 0 Å². The molecule has 2 aromatic rings. The normalized spacial score (nSPS) is 13.7. The predicted octanol–water partition coefficient (Wildman–Crippen LogP) is 0.881. The maximum atomic E-state index is 12.2. The summed E-state index contributed by atoms with van der Waals surface area (Å²) in [6.07, 6.45) is 5.12. The monoisotopic (exact) mass is 284 g/mol. The number of rotatable bonds is 5. The fraction of sp³-hybridized carbons (Fsp3) is 0.267. The van der Waals surface area contributed by atoms with Crippen LogP contribution in [0.25, 0.3) is 5.69 Å². The molecule has 2 N–H and O–H groups in total. The molecule has 0 bridgehead atoms. The lowest BCUT2D eigenvalue weighted by atomic mass is 10.3.